The highest BCUT2D eigenvalue weighted by molar-refractivity contribution is 8.15. The molecule has 154 valence electrons. The molecule has 0 saturated carbocycles. The van der Waals surface area contributed by atoms with Crippen LogP contribution < -0.4 is 21.2 Å². The highest BCUT2D eigenvalue weighted by Crippen LogP contribution is 2.23. The average Bonchev–Trinajstić information content (AvgIpc) is 2.72. The first-order valence-corrected chi connectivity index (χ1v) is 9.95. The molecule has 1 heterocycles. The molecule has 0 aliphatic carbocycles. The number of hydrazone groups is 1. The molecule has 1 saturated heterocycles. The van der Waals surface area contributed by atoms with E-state index in [1.807, 2.05) is 0 Å². The summed E-state index contributed by atoms with van der Waals surface area (Å²) in [6.07, 6.45) is -0.0230. The Kier molecular flexibility index (Phi) is 6.76. The summed E-state index contributed by atoms with van der Waals surface area (Å²) >= 11 is 6.95. The number of carboxylic acids is 1. The van der Waals surface area contributed by atoms with Gasteiger partial charge >= 0.3 is 0 Å². The first-order chi connectivity index (χ1) is 14.3. The number of aromatic carboxylic acids is 1. The van der Waals surface area contributed by atoms with E-state index in [1.165, 1.54) is 24.3 Å². The van der Waals surface area contributed by atoms with Gasteiger partial charge in [-0.1, -0.05) is 54.2 Å². The molecule has 0 spiro atoms. The number of amides is 2. The minimum atomic E-state index is -1.30. The minimum Gasteiger partial charge on any atom is -0.545 e. The molecule has 30 heavy (non-hydrogen) atoms. The van der Waals surface area contributed by atoms with Crippen LogP contribution in [-0.4, -0.2) is 28.2 Å². The molecule has 8 nitrogen and oxygen atoms in total. The molecular weight excluding hydrogens is 428 g/mol. The van der Waals surface area contributed by atoms with Gasteiger partial charge < -0.3 is 20.5 Å². The smallest absolute Gasteiger partial charge is 0.238 e. The number of anilines is 1. The summed E-state index contributed by atoms with van der Waals surface area (Å²) in [6.45, 7) is 3.88. The minimum absolute atomic E-state index is 0.000767. The molecule has 0 radical (unpaired) electrons. The van der Waals surface area contributed by atoms with Crippen molar-refractivity contribution >= 4 is 57.7 Å². The maximum absolute atomic E-state index is 12.5. The molecule has 2 aromatic rings. The van der Waals surface area contributed by atoms with Crippen molar-refractivity contribution in [1.82, 2.24) is 10.7 Å². The number of carbonyl (C=O) groups is 3. The van der Waals surface area contributed by atoms with Crippen molar-refractivity contribution in [3.8, 4) is 0 Å². The molecule has 0 unspecified atom stereocenters. The highest BCUT2D eigenvalue weighted by Gasteiger charge is 2.30. The predicted octanol–water partition coefficient (Wildman–Crippen LogP) is 1.80. The van der Waals surface area contributed by atoms with E-state index in [2.05, 4.69) is 27.7 Å². The van der Waals surface area contributed by atoms with Gasteiger partial charge in [0.05, 0.1) is 11.7 Å². The Morgan fingerprint density at radius 3 is 2.40 bits per heavy atom. The van der Waals surface area contributed by atoms with Gasteiger partial charge in [-0.25, -0.2) is 0 Å². The topological polar surface area (TPSA) is 123 Å². The molecule has 1 fully saturated rings. The van der Waals surface area contributed by atoms with Gasteiger partial charge in [-0.3, -0.25) is 15.0 Å². The molecule has 3 N–H and O–H groups in total. The monoisotopic (exact) mass is 443 g/mol. The lowest BCUT2D eigenvalue weighted by molar-refractivity contribution is -0.255. The number of amidine groups is 1. The maximum atomic E-state index is 12.5. The van der Waals surface area contributed by atoms with Crippen molar-refractivity contribution in [2.24, 2.45) is 5.10 Å². The number of carboxylic acid groups (broad SMARTS) is 1. The fraction of sp³-hybridized carbons (Fsp3) is 0.100. The van der Waals surface area contributed by atoms with Crippen LogP contribution in [-0.2, 0) is 9.59 Å². The normalized spacial score (nSPS) is 17.2. The quantitative estimate of drug-likeness (QED) is 0.585. The summed E-state index contributed by atoms with van der Waals surface area (Å²) in [6, 6.07) is 12.5. The molecule has 0 bridgehead atoms. The van der Waals surface area contributed by atoms with Crippen LogP contribution in [0.4, 0.5) is 5.69 Å². The van der Waals surface area contributed by atoms with Crippen molar-refractivity contribution < 1.29 is 19.5 Å². The van der Waals surface area contributed by atoms with Gasteiger partial charge in [0.15, 0.2) is 5.17 Å². The van der Waals surface area contributed by atoms with Crippen molar-refractivity contribution in [3.05, 3.63) is 71.3 Å². The number of carbonyl (C=O) groups excluding carboxylic acids is 3. The lowest BCUT2D eigenvalue weighted by atomic mass is 10.2. The molecule has 0 aromatic heterocycles. The van der Waals surface area contributed by atoms with Crippen LogP contribution in [0.15, 0.2) is 60.2 Å². The van der Waals surface area contributed by atoms with E-state index in [9.17, 15) is 19.5 Å². The van der Waals surface area contributed by atoms with Crippen molar-refractivity contribution in [3.63, 3.8) is 0 Å². The molecule has 2 aromatic carbocycles. The Morgan fingerprint density at radius 2 is 1.77 bits per heavy atom. The Hall–Kier alpha value is -3.30. The lowest BCUT2D eigenvalue weighted by Gasteiger charge is -2.22. The van der Waals surface area contributed by atoms with Gasteiger partial charge in [0, 0.05) is 17.1 Å². The Morgan fingerprint density at radius 1 is 1.13 bits per heavy atom. The molecule has 1 aliphatic rings. The van der Waals surface area contributed by atoms with E-state index >= 15 is 0 Å². The average molecular weight is 444 g/mol. The zero-order chi connectivity index (χ0) is 21.7. The van der Waals surface area contributed by atoms with E-state index in [0.717, 1.165) is 17.3 Å². The SMILES string of the molecule is C=C(N/N=C1\NC(=O)C[C@@H](C(=O)Nc2ccc(C(=O)[O-])cc2)S1)c1ccc(Cl)cc1. The van der Waals surface area contributed by atoms with Gasteiger partial charge in [-0.05, 0) is 35.4 Å². The summed E-state index contributed by atoms with van der Waals surface area (Å²) in [5.41, 5.74) is 4.43. The van der Waals surface area contributed by atoms with E-state index in [0.29, 0.717) is 16.4 Å². The van der Waals surface area contributed by atoms with Gasteiger partial charge in [0.2, 0.25) is 11.8 Å². The third-order valence-electron chi connectivity index (χ3n) is 4.04. The fourth-order valence-electron chi connectivity index (χ4n) is 2.49. The van der Waals surface area contributed by atoms with Crippen LogP contribution >= 0.6 is 23.4 Å². The number of halogens is 1. The summed E-state index contributed by atoms with van der Waals surface area (Å²) < 4.78 is 0. The molecular formula is C20H16ClN4O4S-. The Balaban J connectivity index is 1.62. The van der Waals surface area contributed by atoms with Gasteiger partial charge in [-0.2, -0.15) is 0 Å². The summed E-state index contributed by atoms with van der Waals surface area (Å²) in [4.78, 5) is 35.3. The molecule has 1 atom stereocenters. The van der Waals surface area contributed by atoms with Crippen molar-refractivity contribution in [2.75, 3.05) is 5.32 Å². The summed E-state index contributed by atoms with van der Waals surface area (Å²) in [7, 11) is 0. The predicted molar refractivity (Wildman–Crippen MR) is 115 cm³/mol. The molecule has 2 amide bonds. The summed E-state index contributed by atoms with van der Waals surface area (Å²) in [5, 5.41) is 20.3. The van der Waals surface area contributed by atoms with E-state index in [-0.39, 0.29) is 23.1 Å². The van der Waals surface area contributed by atoms with Crippen LogP contribution in [0.1, 0.15) is 22.3 Å². The van der Waals surface area contributed by atoms with Crippen LogP contribution in [0.3, 0.4) is 0 Å². The number of hydrogen-bond acceptors (Lipinski definition) is 7. The number of benzene rings is 2. The molecule has 3 rings (SSSR count). The van der Waals surface area contributed by atoms with Crippen molar-refractivity contribution in [1.29, 1.82) is 0 Å². The zero-order valence-corrected chi connectivity index (χ0v) is 17.0. The first-order valence-electron chi connectivity index (χ1n) is 8.69. The van der Waals surface area contributed by atoms with E-state index in [4.69, 9.17) is 11.6 Å². The van der Waals surface area contributed by atoms with Gasteiger partial charge in [0.25, 0.3) is 0 Å². The maximum Gasteiger partial charge on any atom is 0.238 e. The Labute approximate surface area is 181 Å². The van der Waals surface area contributed by atoms with Gasteiger partial charge in [0.1, 0.15) is 5.25 Å². The van der Waals surface area contributed by atoms with Crippen LogP contribution in [0.2, 0.25) is 5.02 Å². The number of thioether (sulfide) groups is 1. The summed E-state index contributed by atoms with van der Waals surface area (Å²) in [5.74, 6) is -2.06. The van der Waals surface area contributed by atoms with Gasteiger partial charge in [-0.15, -0.1) is 5.10 Å². The molecule has 10 heteroatoms. The number of nitrogens with one attached hydrogen (secondary N) is 3. The first kappa shape index (κ1) is 21.4. The second-order valence-corrected chi connectivity index (χ2v) is 7.85. The Bertz CT molecular complexity index is 1020. The third kappa shape index (κ3) is 5.62. The fourth-order valence-corrected chi connectivity index (χ4v) is 3.56. The number of nitrogens with zero attached hydrogens (tertiary/aromatic N) is 1. The third-order valence-corrected chi connectivity index (χ3v) is 5.37. The molecule has 1 aliphatic heterocycles. The zero-order valence-electron chi connectivity index (χ0n) is 15.5. The highest BCUT2D eigenvalue weighted by atomic mass is 35.5. The standard InChI is InChI=1S/C20H17ClN4O4S/c1-11(12-2-6-14(21)7-3-12)24-25-20-23-17(26)10-16(30-20)18(27)22-15-8-4-13(5-9-15)19(28)29/h2-9,16,24H,1,10H2,(H,22,27)(H,28,29)(H,23,25,26)/p-1/t16-/m0/s1. The van der Waals surface area contributed by atoms with Crippen molar-refractivity contribution in [2.45, 2.75) is 11.7 Å². The number of hydrogen-bond donors (Lipinski definition) is 3. The van der Waals surface area contributed by atoms with Crippen LogP contribution in [0.25, 0.3) is 5.70 Å². The number of rotatable bonds is 6. The lowest BCUT2D eigenvalue weighted by Crippen LogP contribution is -2.42. The second-order valence-electron chi connectivity index (χ2n) is 6.23. The van der Waals surface area contributed by atoms with E-state index in [1.54, 1.807) is 24.3 Å². The largest absolute Gasteiger partial charge is 0.545 e. The van der Waals surface area contributed by atoms with Crippen LogP contribution in [0, 0.1) is 0 Å². The van der Waals surface area contributed by atoms with E-state index < -0.39 is 17.1 Å². The second kappa shape index (κ2) is 9.47. The van der Waals surface area contributed by atoms with Crippen LogP contribution in [0.5, 0.6) is 0 Å².